The van der Waals surface area contributed by atoms with E-state index in [2.05, 4.69) is 4.74 Å². The van der Waals surface area contributed by atoms with Crippen LogP contribution in [0.25, 0.3) is 0 Å². The fraction of sp³-hybridized carbons (Fsp3) is 0.500. The lowest BCUT2D eigenvalue weighted by Gasteiger charge is -2.02. The van der Waals surface area contributed by atoms with E-state index in [0.29, 0.717) is 6.61 Å². The first-order valence-electron chi connectivity index (χ1n) is 4.56. The maximum Gasteiger partial charge on any atom is 0.376 e. The van der Waals surface area contributed by atoms with Crippen molar-refractivity contribution >= 4 is 11.8 Å². The number of nitrogens with zero attached hydrogens (tertiary/aromatic N) is 1. The lowest BCUT2D eigenvalue weighted by Crippen LogP contribution is -2.23. The molecule has 1 atom stereocenters. The van der Waals surface area contributed by atoms with Gasteiger partial charge in [0.2, 0.25) is 0 Å². The predicted molar refractivity (Wildman–Crippen MR) is 51.5 cm³/mol. The number of Topliss-reactive ketones (excluding diaryl/α,β-unsaturated/α-hetero) is 1. The SMILES string of the molecule is CCOC=CC(C#N)C(=O)C(=O)OCC. The first-order valence-corrected chi connectivity index (χ1v) is 4.56. The van der Waals surface area contributed by atoms with Gasteiger partial charge in [-0.05, 0) is 19.9 Å². The molecule has 0 aliphatic rings. The summed E-state index contributed by atoms with van der Waals surface area (Å²) >= 11 is 0. The Morgan fingerprint density at radius 3 is 2.53 bits per heavy atom. The second-order valence-corrected chi connectivity index (χ2v) is 2.48. The molecule has 0 aromatic heterocycles. The molecule has 15 heavy (non-hydrogen) atoms. The van der Waals surface area contributed by atoms with Gasteiger partial charge in [0.15, 0.2) is 0 Å². The van der Waals surface area contributed by atoms with E-state index in [9.17, 15) is 9.59 Å². The number of ether oxygens (including phenoxy) is 2. The molecule has 0 heterocycles. The number of hydrogen-bond donors (Lipinski definition) is 0. The van der Waals surface area contributed by atoms with Crippen LogP contribution < -0.4 is 0 Å². The minimum Gasteiger partial charge on any atom is -0.502 e. The molecule has 1 unspecified atom stereocenters. The maximum absolute atomic E-state index is 11.3. The molecule has 0 radical (unpaired) electrons. The number of carbonyl (C=O) groups excluding carboxylic acids is 2. The molecule has 82 valence electrons. The molecule has 0 saturated carbocycles. The van der Waals surface area contributed by atoms with Gasteiger partial charge in [0.05, 0.1) is 25.5 Å². The summed E-state index contributed by atoms with van der Waals surface area (Å²) in [7, 11) is 0. The Morgan fingerprint density at radius 2 is 2.07 bits per heavy atom. The Balaban J connectivity index is 4.36. The molecule has 0 bridgehead atoms. The van der Waals surface area contributed by atoms with Gasteiger partial charge in [0.1, 0.15) is 5.92 Å². The van der Waals surface area contributed by atoms with Crippen LogP contribution in [0.2, 0.25) is 0 Å². The molecule has 0 fully saturated rings. The second-order valence-electron chi connectivity index (χ2n) is 2.48. The summed E-state index contributed by atoms with van der Waals surface area (Å²) < 4.78 is 9.30. The number of rotatable bonds is 6. The van der Waals surface area contributed by atoms with E-state index in [1.54, 1.807) is 19.9 Å². The van der Waals surface area contributed by atoms with Crippen molar-refractivity contribution in [2.45, 2.75) is 13.8 Å². The number of ketones is 1. The summed E-state index contributed by atoms with van der Waals surface area (Å²) in [5.41, 5.74) is 0. The molecule has 0 aliphatic heterocycles. The van der Waals surface area contributed by atoms with Gasteiger partial charge in [-0.15, -0.1) is 0 Å². The standard InChI is InChI=1S/C10H13NO4/c1-3-14-6-5-8(7-11)9(12)10(13)15-4-2/h5-6,8H,3-4H2,1-2H3. The van der Waals surface area contributed by atoms with Crippen LogP contribution in [0.1, 0.15) is 13.8 Å². The van der Waals surface area contributed by atoms with Gasteiger partial charge in [-0.1, -0.05) is 0 Å². The van der Waals surface area contributed by atoms with Crippen LogP contribution in [0.3, 0.4) is 0 Å². The third-order valence-electron chi connectivity index (χ3n) is 1.43. The normalized spacial score (nSPS) is 11.8. The Morgan fingerprint density at radius 1 is 1.40 bits per heavy atom. The van der Waals surface area contributed by atoms with Crippen LogP contribution in [-0.4, -0.2) is 25.0 Å². The highest BCUT2D eigenvalue weighted by Crippen LogP contribution is 2.01. The van der Waals surface area contributed by atoms with Crippen molar-refractivity contribution in [2.75, 3.05) is 13.2 Å². The van der Waals surface area contributed by atoms with Crippen molar-refractivity contribution in [3.05, 3.63) is 12.3 Å². The molecule has 5 heteroatoms. The fourth-order valence-electron chi connectivity index (χ4n) is 0.749. The lowest BCUT2D eigenvalue weighted by molar-refractivity contribution is -0.154. The fourth-order valence-corrected chi connectivity index (χ4v) is 0.749. The summed E-state index contributed by atoms with van der Waals surface area (Å²) in [5.74, 6) is -3.02. The van der Waals surface area contributed by atoms with Gasteiger partial charge in [-0.3, -0.25) is 4.79 Å². The monoisotopic (exact) mass is 211 g/mol. The van der Waals surface area contributed by atoms with Gasteiger partial charge in [-0.25, -0.2) is 4.79 Å². The van der Waals surface area contributed by atoms with Gasteiger partial charge >= 0.3 is 5.97 Å². The largest absolute Gasteiger partial charge is 0.502 e. The summed E-state index contributed by atoms with van der Waals surface area (Å²) in [6.45, 7) is 3.89. The van der Waals surface area contributed by atoms with Gasteiger partial charge in [0.25, 0.3) is 5.78 Å². The van der Waals surface area contributed by atoms with Crippen LogP contribution >= 0.6 is 0 Å². The Labute approximate surface area is 88.3 Å². The first kappa shape index (κ1) is 13.2. The van der Waals surface area contributed by atoms with Crippen LogP contribution in [0.15, 0.2) is 12.3 Å². The van der Waals surface area contributed by atoms with Crippen LogP contribution in [0.5, 0.6) is 0 Å². The van der Waals surface area contributed by atoms with Crippen molar-refractivity contribution in [1.82, 2.24) is 0 Å². The smallest absolute Gasteiger partial charge is 0.376 e. The van der Waals surface area contributed by atoms with Gasteiger partial charge in [-0.2, -0.15) is 5.26 Å². The van der Waals surface area contributed by atoms with Crippen LogP contribution in [0.4, 0.5) is 0 Å². The molecule has 0 N–H and O–H groups in total. The van der Waals surface area contributed by atoms with Crippen molar-refractivity contribution in [1.29, 1.82) is 5.26 Å². The van der Waals surface area contributed by atoms with E-state index in [1.807, 2.05) is 0 Å². The van der Waals surface area contributed by atoms with E-state index in [0.717, 1.165) is 0 Å². The van der Waals surface area contributed by atoms with E-state index >= 15 is 0 Å². The highest BCUT2D eigenvalue weighted by atomic mass is 16.5. The molecule has 0 aromatic rings. The summed E-state index contributed by atoms with van der Waals surface area (Å²) in [5, 5.41) is 8.63. The molecular formula is C10H13NO4. The van der Waals surface area contributed by atoms with E-state index in [1.165, 1.54) is 12.3 Å². The first-order chi connectivity index (χ1) is 7.17. The minimum absolute atomic E-state index is 0.109. The molecular weight excluding hydrogens is 198 g/mol. The van der Waals surface area contributed by atoms with Crippen molar-refractivity contribution in [3.8, 4) is 6.07 Å². The molecule has 0 rings (SSSR count). The Hall–Kier alpha value is -1.83. The zero-order valence-electron chi connectivity index (χ0n) is 8.73. The minimum atomic E-state index is -1.14. The third-order valence-corrected chi connectivity index (χ3v) is 1.43. The van der Waals surface area contributed by atoms with E-state index < -0.39 is 17.7 Å². The molecule has 0 aromatic carbocycles. The summed E-state index contributed by atoms with van der Waals surface area (Å²) in [6, 6.07) is 1.68. The number of carbonyl (C=O) groups is 2. The van der Waals surface area contributed by atoms with E-state index in [-0.39, 0.29) is 6.61 Å². The molecule has 0 saturated heterocycles. The summed E-state index contributed by atoms with van der Waals surface area (Å²) in [6.07, 6.45) is 2.45. The third kappa shape index (κ3) is 4.81. The number of hydrogen-bond acceptors (Lipinski definition) is 5. The molecule has 5 nitrogen and oxygen atoms in total. The number of esters is 1. The Bertz CT molecular complexity index is 290. The number of allylic oxidation sites excluding steroid dienone is 1. The van der Waals surface area contributed by atoms with Crippen molar-refractivity contribution < 1.29 is 19.1 Å². The topological polar surface area (TPSA) is 76.4 Å². The molecule has 0 spiro atoms. The van der Waals surface area contributed by atoms with Crippen LogP contribution in [0, 0.1) is 17.2 Å². The van der Waals surface area contributed by atoms with Crippen LogP contribution in [-0.2, 0) is 19.1 Å². The zero-order valence-corrected chi connectivity index (χ0v) is 8.73. The summed E-state index contributed by atoms with van der Waals surface area (Å²) in [4.78, 5) is 22.2. The second kappa shape index (κ2) is 7.56. The van der Waals surface area contributed by atoms with E-state index in [4.69, 9.17) is 10.00 Å². The maximum atomic E-state index is 11.3. The molecule has 0 amide bonds. The van der Waals surface area contributed by atoms with Crippen molar-refractivity contribution in [2.24, 2.45) is 5.92 Å². The average molecular weight is 211 g/mol. The molecule has 0 aliphatic carbocycles. The lowest BCUT2D eigenvalue weighted by atomic mass is 10.1. The van der Waals surface area contributed by atoms with Gasteiger partial charge in [0, 0.05) is 0 Å². The number of nitriles is 1. The highest BCUT2D eigenvalue weighted by molar-refractivity contribution is 6.35. The Kier molecular flexibility index (Phi) is 6.64. The predicted octanol–water partition coefficient (Wildman–Crippen LogP) is 0.809. The zero-order chi connectivity index (χ0) is 11.7. The average Bonchev–Trinajstić information content (AvgIpc) is 2.24. The van der Waals surface area contributed by atoms with Crippen molar-refractivity contribution in [3.63, 3.8) is 0 Å². The van der Waals surface area contributed by atoms with Gasteiger partial charge < -0.3 is 9.47 Å². The quantitative estimate of drug-likeness (QED) is 0.369. The highest BCUT2D eigenvalue weighted by Gasteiger charge is 2.24.